The van der Waals surface area contributed by atoms with Gasteiger partial charge in [0.15, 0.2) is 10.9 Å². The highest BCUT2D eigenvalue weighted by molar-refractivity contribution is 7.14. The van der Waals surface area contributed by atoms with Gasteiger partial charge in [-0.2, -0.15) is 0 Å². The van der Waals surface area contributed by atoms with Gasteiger partial charge in [-0.05, 0) is 30.9 Å². The van der Waals surface area contributed by atoms with Crippen molar-refractivity contribution in [2.24, 2.45) is 5.92 Å². The fourth-order valence-corrected chi connectivity index (χ4v) is 3.40. The maximum absolute atomic E-state index is 12.3. The van der Waals surface area contributed by atoms with Gasteiger partial charge < -0.3 is 9.32 Å². The molecule has 1 N–H and O–H groups in total. The van der Waals surface area contributed by atoms with Gasteiger partial charge in [0.2, 0.25) is 5.91 Å². The summed E-state index contributed by atoms with van der Waals surface area (Å²) in [6.45, 7) is 3.82. The summed E-state index contributed by atoms with van der Waals surface area (Å²) in [7, 11) is 0. The number of thiazole rings is 1. The van der Waals surface area contributed by atoms with Gasteiger partial charge in [0, 0.05) is 18.5 Å². The minimum Gasteiger partial charge on any atom is -0.459 e. The normalized spacial score (nSPS) is 18.0. The van der Waals surface area contributed by atoms with E-state index < -0.39 is 0 Å². The molecule has 1 fully saturated rings. The molecule has 3 rings (SSSR count). The standard InChI is InChI=1S/C16H19N3O3S/c1-11-4-2-6-19(9-11)14(20)8-12-10-23-16(17-12)18-15(21)13-5-3-7-22-13/h3,5,7,10-11H,2,4,6,8-9H2,1H3,(H,17,18,21). The highest BCUT2D eigenvalue weighted by atomic mass is 32.1. The van der Waals surface area contributed by atoms with E-state index >= 15 is 0 Å². The molecular formula is C16H19N3O3S. The molecule has 1 atom stereocenters. The molecule has 2 aromatic heterocycles. The number of aromatic nitrogens is 1. The molecule has 23 heavy (non-hydrogen) atoms. The first-order valence-electron chi connectivity index (χ1n) is 7.69. The molecule has 0 aliphatic carbocycles. The van der Waals surface area contributed by atoms with E-state index in [0.717, 1.165) is 19.5 Å². The molecule has 2 aromatic rings. The van der Waals surface area contributed by atoms with Gasteiger partial charge in [0.25, 0.3) is 5.91 Å². The number of piperidine rings is 1. The molecule has 7 heteroatoms. The number of furan rings is 1. The van der Waals surface area contributed by atoms with Gasteiger partial charge in [-0.3, -0.25) is 14.9 Å². The van der Waals surface area contributed by atoms with Crippen LogP contribution in [-0.2, 0) is 11.2 Å². The number of hydrogen-bond donors (Lipinski definition) is 1. The van der Waals surface area contributed by atoms with Crippen molar-refractivity contribution in [3.63, 3.8) is 0 Å². The zero-order chi connectivity index (χ0) is 16.2. The Morgan fingerprint density at radius 2 is 2.39 bits per heavy atom. The Labute approximate surface area is 138 Å². The maximum atomic E-state index is 12.3. The summed E-state index contributed by atoms with van der Waals surface area (Å²) < 4.78 is 5.03. The number of anilines is 1. The number of hydrogen-bond acceptors (Lipinski definition) is 5. The van der Waals surface area contributed by atoms with Crippen LogP contribution in [0.1, 0.15) is 36.0 Å². The van der Waals surface area contributed by atoms with Crippen LogP contribution in [0.15, 0.2) is 28.2 Å². The monoisotopic (exact) mass is 333 g/mol. The molecule has 122 valence electrons. The highest BCUT2D eigenvalue weighted by Crippen LogP contribution is 2.20. The van der Waals surface area contributed by atoms with Crippen LogP contribution in [0.3, 0.4) is 0 Å². The van der Waals surface area contributed by atoms with Crippen LogP contribution in [0.2, 0.25) is 0 Å². The van der Waals surface area contributed by atoms with Crippen molar-refractivity contribution < 1.29 is 14.0 Å². The van der Waals surface area contributed by atoms with Crippen LogP contribution in [0, 0.1) is 5.92 Å². The quantitative estimate of drug-likeness (QED) is 0.933. The molecule has 2 amide bonds. The molecule has 0 spiro atoms. The third-order valence-corrected chi connectivity index (χ3v) is 4.67. The van der Waals surface area contributed by atoms with Crippen LogP contribution in [-0.4, -0.2) is 34.8 Å². The SMILES string of the molecule is CC1CCCN(C(=O)Cc2csc(NC(=O)c3ccco3)n2)C1. The van der Waals surface area contributed by atoms with Crippen LogP contribution in [0.5, 0.6) is 0 Å². The molecule has 1 aliphatic rings. The first-order valence-corrected chi connectivity index (χ1v) is 8.57. The maximum Gasteiger partial charge on any atom is 0.293 e. The molecule has 1 saturated heterocycles. The van der Waals surface area contributed by atoms with Crippen LogP contribution >= 0.6 is 11.3 Å². The van der Waals surface area contributed by atoms with Gasteiger partial charge in [0.1, 0.15) is 0 Å². The molecule has 1 aliphatic heterocycles. The lowest BCUT2D eigenvalue weighted by Gasteiger charge is -2.30. The minimum absolute atomic E-state index is 0.103. The van der Waals surface area contributed by atoms with E-state index in [-0.39, 0.29) is 24.0 Å². The fraction of sp³-hybridized carbons (Fsp3) is 0.438. The first-order chi connectivity index (χ1) is 11.1. The second-order valence-corrected chi connectivity index (χ2v) is 6.70. The van der Waals surface area contributed by atoms with Crippen molar-refractivity contribution in [2.45, 2.75) is 26.2 Å². The van der Waals surface area contributed by atoms with E-state index in [1.165, 1.54) is 24.0 Å². The van der Waals surface area contributed by atoms with Crippen molar-refractivity contribution >= 4 is 28.3 Å². The van der Waals surface area contributed by atoms with E-state index in [9.17, 15) is 9.59 Å². The lowest BCUT2D eigenvalue weighted by molar-refractivity contribution is -0.132. The number of amides is 2. The number of carbonyl (C=O) groups excluding carboxylic acids is 2. The lowest BCUT2D eigenvalue weighted by Crippen LogP contribution is -2.39. The second-order valence-electron chi connectivity index (χ2n) is 5.84. The van der Waals surface area contributed by atoms with Crippen LogP contribution in [0.4, 0.5) is 5.13 Å². The zero-order valence-corrected chi connectivity index (χ0v) is 13.8. The molecule has 0 radical (unpaired) electrons. The molecule has 0 aromatic carbocycles. The van der Waals surface area contributed by atoms with Gasteiger partial charge >= 0.3 is 0 Å². The summed E-state index contributed by atoms with van der Waals surface area (Å²) in [5, 5.41) is 4.96. The Balaban J connectivity index is 1.56. The van der Waals surface area contributed by atoms with E-state index in [0.29, 0.717) is 16.7 Å². The molecule has 3 heterocycles. The van der Waals surface area contributed by atoms with Crippen molar-refractivity contribution in [1.29, 1.82) is 0 Å². The summed E-state index contributed by atoms with van der Waals surface area (Å²) in [6.07, 6.45) is 3.97. The number of rotatable bonds is 4. The van der Waals surface area contributed by atoms with Gasteiger partial charge in [0.05, 0.1) is 18.4 Å². The predicted octanol–water partition coefficient (Wildman–Crippen LogP) is 2.79. The number of nitrogens with zero attached hydrogens (tertiary/aromatic N) is 2. The summed E-state index contributed by atoms with van der Waals surface area (Å²) in [5.41, 5.74) is 0.688. The van der Waals surface area contributed by atoms with E-state index in [1.807, 2.05) is 10.3 Å². The van der Waals surface area contributed by atoms with Gasteiger partial charge in [-0.15, -0.1) is 11.3 Å². The molecule has 1 unspecified atom stereocenters. The number of nitrogens with one attached hydrogen (secondary N) is 1. The van der Waals surface area contributed by atoms with Crippen molar-refractivity contribution in [1.82, 2.24) is 9.88 Å². The van der Waals surface area contributed by atoms with Crippen LogP contribution in [0.25, 0.3) is 0 Å². The topological polar surface area (TPSA) is 75.4 Å². The average Bonchev–Trinajstić information content (AvgIpc) is 3.19. The zero-order valence-electron chi connectivity index (χ0n) is 12.9. The average molecular weight is 333 g/mol. The molecule has 0 bridgehead atoms. The number of carbonyl (C=O) groups is 2. The fourth-order valence-electron chi connectivity index (χ4n) is 2.69. The lowest BCUT2D eigenvalue weighted by atomic mass is 10.00. The Morgan fingerprint density at radius 1 is 1.52 bits per heavy atom. The Hall–Kier alpha value is -2.15. The Morgan fingerprint density at radius 3 is 3.13 bits per heavy atom. The van der Waals surface area contributed by atoms with Crippen molar-refractivity contribution in [3.8, 4) is 0 Å². The van der Waals surface area contributed by atoms with Crippen molar-refractivity contribution in [3.05, 3.63) is 35.2 Å². The van der Waals surface area contributed by atoms with Gasteiger partial charge in [-0.25, -0.2) is 4.98 Å². The highest BCUT2D eigenvalue weighted by Gasteiger charge is 2.22. The largest absolute Gasteiger partial charge is 0.459 e. The third kappa shape index (κ3) is 3.98. The predicted molar refractivity (Wildman–Crippen MR) is 87.5 cm³/mol. The first kappa shape index (κ1) is 15.7. The Bertz CT molecular complexity index is 681. The molecule has 6 nitrogen and oxygen atoms in total. The van der Waals surface area contributed by atoms with Crippen molar-refractivity contribution in [2.75, 3.05) is 18.4 Å². The summed E-state index contributed by atoms with van der Waals surface area (Å²) >= 11 is 1.31. The minimum atomic E-state index is -0.341. The third-order valence-electron chi connectivity index (χ3n) is 3.86. The van der Waals surface area contributed by atoms with E-state index in [2.05, 4.69) is 17.2 Å². The Kier molecular flexibility index (Phi) is 4.76. The smallest absolute Gasteiger partial charge is 0.293 e. The van der Waals surface area contributed by atoms with Crippen LogP contribution < -0.4 is 5.32 Å². The van der Waals surface area contributed by atoms with E-state index in [4.69, 9.17) is 4.42 Å². The summed E-state index contributed by atoms with van der Waals surface area (Å²) in [6, 6.07) is 3.24. The molecule has 0 saturated carbocycles. The van der Waals surface area contributed by atoms with E-state index in [1.54, 1.807) is 12.1 Å². The second kappa shape index (κ2) is 6.95. The summed E-state index contributed by atoms with van der Waals surface area (Å²) in [4.78, 5) is 30.4. The van der Waals surface area contributed by atoms with Gasteiger partial charge in [-0.1, -0.05) is 6.92 Å². The summed E-state index contributed by atoms with van der Waals surface area (Å²) in [5.74, 6) is 0.559. The molecular weight excluding hydrogens is 314 g/mol. The number of likely N-dealkylation sites (tertiary alicyclic amines) is 1.